The van der Waals surface area contributed by atoms with E-state index in [0.717, 1.165) is 21.1 Å². The number of thiazole rings is 1. The fourth-order valence-corrected chi connectivity index (χ4v) is 3.56. The summed E-state index contributed by atoms with van der Waals surface area (Å²) in [6, 6.07) is 17.1. The van der Waals surface area contributed by atoms with Gasteiger partial charge in [-0.15, -0.1) is 11.3 Å². The van der Waals surface area contributed by atoms with E-state index in [4.69, 9.17) is 9.84 Å². The Hall–Kier alpha value is -2.70. The SMILES string of the molecule is Cc1nc(-c2ccccc2)sc1COc1ccc(C(=O)N(C)CCO)cc1. The Balaban J connectivity index is 1.64. The molecule has 0 unspecified atom stereocenters. The number of aryl methyl sites for hydroxylation is 1. The van der Waals surface area contributed by atoms with E-state index in [9.17, 15) is 4.79 Å². The second-order valence-corrected chi connectivity index (χ2v) is 7.24. The Morgan fingerprint density at radius 3 is 2.52 bits per heavy atom. The van der Waals surface area contributed by atoms with Crippen molar-refractivity contribution < 1.29 is 14.6 Å². The number of carbonyl (C=O) groups is 1. The molecule has 0 radical (unpaired) electrons. The number of amides is 1. The molecule has 0 aliphatic rings. The van der Waals surface area contributed by atoms with Crippen LogP contribution in [-0.2, 0) is 6.61 Å². The summed E-state index contributed by atoms with van der Waals surface area (Å²) in [6.45, 7) is 2.68. The van der Waals surface area contributed by atoms with E-state index >= 15 is 0 Å². The van der Waals surface area contributed by atoms with Crippen molar-refractivity contribution in [1.82, 2.24) is 9.88 Å². The minimum absolute atomic E-state index is 0.0530. The average molecular weight is 382 g/mol. The lowest BCUT2D eigenvalue weighted by Gasteiger charge is -2.15. The quantitative estimate of drug-likeness (QED) is 0.676. The van der Waals surface area contributed by atoms with Gasteiger partial charge >= 0.3 is 0 Å². The highest BCUT2D eigenvalue weighted by molar-refractivity contribution is 7.15. The molecule has 0 aliphatic carbocycles. The number of hydrogen-bond donors (Lipinski definition) is 1. The monoisotopic (exact) mass is 382 g/mol. The Kier molecular flexibility index (Phi) is 6.21. The predicted octanol–water partition coefficient (Wildman–Crippen LogP) is 3.76. The van der Waals surface area contributed by atoms with Crippen molar-refractivity contribution in [1.29, 1.82) is 0 Å². The molecule has 0 aliphatic heterocycles. The van der Waals surface area contributed by atoms with Gasteiger partial charge in [0.2, 0.25) is 0 Å². The van der Waals surface area contributed by atoms with Crippen molar-refractivity contribution in [2.24, 2.45) is 0 Å². The normalized spacial score (nSPS) is 10.6. The van der Waals surface area contributed by atoms with Gasteiger partial charge in [0.05, 0.1) is 17.2 Å². The van der Waals surface area contributed by atoms with Crippen LogP contribution >= 0.6 is 11.3 Å². The molecule has 0 bridgehead atoms. The zero-order valence-corrected chi connectivity index (χ0v) is 16.2. The number of likely N-dealkylation sites (N-methyl/N-ethyl adjacent to an activating group) is 1. The number of aromatic nitrogens is 1. The zero-order valence-electron chi connectivity index (χ0n) is 15.4. The molecule has 0 saturated heterocycles. The summed E-state index contributed by atoms with van der Waals surface area (Å²) in [6.07, 6.45) is 0. The fourth-order valence-electron chi connectivity index (χ4n) is 2.58. The van der Waals surface area contributed by atoms with Gasteiger partial charge in [0, 0.05) is 24.7 Å². The highest BCUT2D eigenvalue weighted by Crippen LogP contribution is 2.28. The predicted molar refractivity (Wildman–Crippen MR) is 107 cm³/mol. The number of carbonyl (C=O) groups excluding carboxylic acids is 1. The average Bonchev–Trinajstić information content (AvgIpc) is 3.08. The van der Waals surface area contributed by atoms with Gasteiger partial charge in [-0.2, -0.15) is 0 Å². The van der Waals surface area contributed by atoms with Gasteiger partial charge in [0.25, 0.3) is 5.91 Å². The number of ether oxygens (including phenoxy) is 1. The molecule has 27 heavy (non-hydrogen) atoms. The Morgan fingerprint density at radius 1 is 1.15 bits per heavy atom. The van der Waals surface area contributed by atoms with Crippen molar-refractivity contribution in [3.8, 4) is 16.3 Å². The standard InChI is InChI=1S/C21H22N2O3S/c1-15-19(27-20(22-15)16-6-4-3-5-7-16)14-26-18-10-8-17(9-11-18)21(25)23(2)12-13-24/h3-11,24H,12-14H2,1-2H3. The molecule has 3 aromatic rings. The second kappa shape index (κ2) is 8.79. The van der Waals surface area contributed by atoms with Crippen molar-refractivity contribution in [3.05, 3.63) is 70.7 Å². The molecule has 6 heteroatoms. The van der Waals surface area contributed by atoms with Gasteiger partial charge in [0.1, 0.15) is 17.4 Å². The zero-order chi connectivity index (χ0) is 19.2. The number of hydrogen-bond acceptors (Lipinski definition) is 5. The molecule has 3 rings (SSSR count). The van der Waals surface area contributed by atoms with Gasteiger partial charge in [-0.05, 0) is 31.2 Å². The first kappa shape index (κ1) is 19.1. The number of aliphatic hydroxyl groups excluding tert-OH is 1. The first-order valence-electron chi connectivity index (χ1n) is 8.69. The summed E-state index contributed by atoms with van der Waals surface area (Å²) in [5, 5.41) is 9.92. The lowest BCUT2D eigenvalue weighted by molar-refractivity contribution is 0.0767. The van der Waals surface area contributed by atoms with Crippen molar-refractivity contribution >= 4 is 17.2 Å². The van der Waals surface area contributed by atoms with Crippen LogP contribution in [0.15, 0.2) is 54.6 Å². The van der Waals surface area contributed by atoms with Gasteiger partial charge in [0.15, 0.2) is 0 Å². The van der Waals surface area contributed by atoms with Gasteiger partial charge < -0.3 is 14.7 Å². The van der Waals surface area contributed by atoms with Crippen LogP contribution in [0.3, 0.4) is 0 Å². The first-order chi connectivity index (χ1) is 13.1. The minimum Gasteiger partial charge on any atom is -0.488 e. The van der Waals surface area contributed by atoms with E-state index in [1.54, 1.807) is 42.6 Å². The summed E-state index contributed by atoms with van der Waals surface area (Å²) in [5.41, 5.74) is 2.64. The Morgan fingerprint density at radius 2 is 1.85 bits per heavy atom. The third-order valence-electron chi connectivity index (χ3n) is 4.17. The van der Waals surface area contributed by atoms with E-state index < -0.39 is 0 Å². The van der Waals surface area contributed by atoms with E-state index in [0.29, 0.717) is 24.5 Å². The molecule has 140 valence electrons. The van der Waals surface area contributed by atoms with Crippen LogP contribution in [0.1, 0.15) is 20.9 Å². The van der Waals surface area contributed by atoms with E-state index in [1.807, 2.05) is 37.3 Å². The van der Waals surface area contributed by atoms with Crippen molar-refractivity contribution in [2.75, 3.05) is 20.2 Å². The van der Waals surface area contributed by atoms with Crippen LogP contribution in [-0.4, -0.2) is 41.1 Å². The molecule has 0 saturated carbocycles. The molecular weight excluding hydrogens is 360 g/mol. The molecule has 1 amide bonds. The summed E-state index contributed by atoms with van der Waals surface area (Å²) in [5.74, 6) is 0.576. The third-order valence-corrected chi connectivity index (χ3v) is 5.35. The van der Waals surface area contributed by atoms with Crippen LogP contribution in [0.25, 0.3) is 10.6 Å². The summed E-state index contributed by atoms with van der Waals surface area (Å²) < 4.78 is 5.87. The lowest BCUT2D eigenvalue weighted by atomic mass is 10.2. The molecule has 2 aromatic carbocycles. The van der Waals surface area contributed by atoms with Crippen LogP contribution in [0.4, 0.5) is 0 Å². The third kappa shape index (κ3) is 4.72. The smallest absolute Gasteiger partial charge is 0.253 e. The topological polar surface area (TPSA) is 62.7 Å². The number of rotatable bonds is 7. The van der Waals surface area contributed by atoms with Crippen LogP contribution < -0.4 is 4.74 Å². The summed E-state index contributed by atoms with van der Waals surface area (Å²) >= 11 is 1.63. The van der Waals surface area contributed by atoms with E-state index in [1.165, 1.54) is 4.90 Å². The van der Waals surface area contributed by atoms with Crippen LogP contribution in [0, 0.1) is 6.92 Å². The molecule has 0 spiro atoms. The first-order valence-corrected chi connectivity index (χ1v) is 9.51. The highest BCUT2D eigenvalue weighted by Gasteiger charge is 2.12. The molecule has 1 N–H and O–H groups in total. The molecule has 5 nitrogen and oxygen atoms in total. The van der Waals surface area contributed by atoms with E-state index in [-0.39, 0.29) is 12.5 Å². The van der Waals surface area contributed by atoms with E-state index in [2.05, 4.69) is 4.98 Å². The number of aliphatic hydroxyl groups is 1. The van der Waals surface area contributed by atoms with Crippen LogP contribution in [0.5, 0.6) is 5.75 Å². The number of nitrogens with zero attached hydrogens (tertiary/aromatic N) is 2. The highest BCUT2D eigenvalue weighted by atomic mass is 32.1. The van der Waals surface area contributed by atoms with Crippen molar-refractivity contribution in [3.63, 3.8) is 0 Å². The lowest BCUT2D eigenvalue weighted by Crippen LogP contribution is -2.29. The fraction of sp³-hybridized carbons (Fsp3) is 0.238. The molecule has 0 atom stereocenters. The summed E-state index contributed by atoms with van der Waals surface area (Å²) in [4.78, 5) is 19.4. The van der Waals surface area contributed by atoms with Gasteiger partial charge in [-0.1, -0.05) is 30.3 Å². The molecule has 1 aromatic heterocycles. The number of benzene rings is 2. The second-order valence-electron chi connectivity index (χ2n) is 6.16. The molecule has 1 heterocycles. The Labute approximate surface area is 162 Å². The maximum atomic E-state index is 12.2. The summed E-state index contributed by atoms with van der Waals surface area (Å²) in [7, 11) is 1.67. The molecule has 0 fully saturated rings. The van der Waals surface area contributed by atoms with Crippen LogP contribution in [0.2, 0.25) is 0 Å². The van der Waals surface area contributed by atoms with Gasteiger partial charge in [-0.3, -0.25) is 4.79 Å². The molecular formula is C21H22N2O3S. The maximum Gasteiger partial charge on any atom is 0.253 e. The Bertz CT molecular complexity index is 892. The maximum absolute atomic E-state index is 12.2. The van der Waals surface area contributed by atoms with Gasteiger partial charge in [-0.25, -0.2) is 4.98 Å². The minimum atomic E-state index is -0.124. The largest absolute Gasteiger partial charge is 0.488 e. The van der Waals surface area contributed by atoms with Crippen molar-refractivity contribution in [2.45, 2.75) is 13.5 Å².